The molecule has 2 aromatic carbocycles. The Labute approximate surface area is 150 Å². The van der Waals surface area contributed by atoms with Crippen molar-refractivity contribution >= 4 is 10.8 Å². The van der Waals surface area contributed by atoms with Crippen molar-refractivity contribution in [3.8, 4) is 22.8 Å². The van der Waals surface area contributed by atoms with Crippen molar-refractivity contribution in [2.75, 3.05) is 0 Å². The number of aromatic nitrogens is 1. The maximum Gasteiger partial charge on any atom is 0.256 e. The third-order valence-corrected chi connectivity index (χ3v) is 5.40. The molecule has 0 spiro atoms. The SMILES string of the molecule is Cc1cc2c3c(c(C)c(C)cc3c1)-c1c(c(C(C)(C)C)cc[n+]1C)O2. The molecule has 0 saturated heterocycles. The summed E-state index contributed by atoms with van der Waals surface area (Å²) in [5.41, 5.74) is 7.68. The van der Waals surface area contributed by atoms with Crippen LogP contribution in [0.3, 0.4) is 0 Å². The first kappa shape index (κ1) is 16.1. The average molecular weight is 332 g/mol. The predicted molar refractivity (Wildman–Crippen MR) is 104 cm³/mol. The maximum absolute atomic E-state index is 6.54. The molecule has 1 aliphatic heterocycles. The number of rotatable bonds is 0. The zero-order valence-corrected chi connectivity index (χ0v) is 16.2. The van der Waals surface area contributed by atoms with Crippen molar-refractivity contribution in [2.24, 2.45) is 7.05 Å². The molecule has 0 fully saturated rings. The van der Waals surface area contributed by atoms with Crippen LogP contribution in [0.4, 0.5) is 0 Å². The Morgan fingerprint density at radius 2 is 1.72 bits per heavy atom. The molecule has 0 unspecified atom stereocenters. The Balaban J connectivity index is 2.23. The molecular formula is C23H26NO+. The lowest BCUT2D eigenvalue weighted by Gasteiger charge is -2.27. The van der Waals surface area contributed by atoms with Gasteiger partial charge in [-0.15, -0.1) is 0 Å². The highest BCUT2D eigenvalue weighted by Gasteiger charge is 2.34. The van der Waals surface area contributed by atoms with E-state index >= 15 is 0 Å². The summed E-state index contributed by atoms with van der Waals surface area (Å²) in [5.74, 6) is 1.99. The van der Waals surface area contributed by atoms with Crippen LogP contribution >= 0.6 is 0 Å². The molecule has 128 valence electrons. The van der Waals surface area contributed by atoms with Crippen molar-refractivity contribution in [3.63, 3.8) is 0 Å². The molecule has 0 aliphatic carbocycles. The summed E-state index contributed by atoms with van der Waals surface area (Å²) in [4.78, 5) is 0. The Hall–Kier alpha value is -2.35. The second-order valence-electron chi connectivity index (χ2n) is 8.42. The quantitative estimate of drug-likeness (QED) is 0.379. The molecule has 0 bridgehead atoms. The minimum Gasteiger partial charge on any atom is -0.449 e. The van der Waals surface area contributed by atoms with Crippen molar-refractivity contribution in [1.82, 2.24) is 0 Å². The fourth-order valence-corrected chi connectivity index (χ4v) is 3.98. The number of aryl methyl sites for hydroxylation is 3. The van der Waals surface area contributed by atoms with Crippen LogP contribution in [0.1, 0.15) is 43.0 Å². The first-order valence-corrected chi connectivity index (χ1v) is 8.94. The van der Waals surface area contributed by atoms with E-state index in [2.05, 4.69) is 83.6 Å². The monoisotopic (exact) mass is 332 g/mol. The van der Waals surface area contributed by atoms with Crippen LogP contribution in [0.25, 0.3) is 22.0 Å². The van der Waals surface area contributed by atoms with E-state index < -0.39 is 0 Å². The van der Waals surface area contributed by atoms with Crippen molar-refractivity contribution < 1.29 is 9.30 Å². The average Bonchev–Trinajstić information content (AvgIpc) is 2.50. The van der Waals surface area contributed by atoms with Crippen LogP contribution < -0.4 is 9.30 Å². The van der Waals surface area contributed by atoms with Crippen LogP contribution in [0.5, 0.6) is 11.5 Å². The molecule has 2 nitrogen and oxygen atoms in total. The van der Waals surface area contributed by atoms with Gasteiger partial charge in [0, 0.05) is 17.0 Å². The standard InChI is InChI=1S/C23H26NO/c1-13-10-16-12-14(2)15(3)19-20(16)18(11-13)25-22-17(23(4,5)6)8-9-24(7)21(19)22/h8-12H,1-7H3/q+1. The second-order valence-corrected chi connectivity index (χ2v) is 8.42. The molecule has 1 aliphatic rings. The Morgan fingerprint density at radius 1 is 1.00 bits per heavy atom. The van der Waals surface area contributed by atoms with Crippen molar-refractivity contribution in [2.45, 2.75) is 47.0 Å². The third kappa shape index (κ3) is 2.27. The van der Waals surface area contributed by atoms with Gasteiger partial charge < -0.3 is 4.74 Å². The Kier molecular flexibility index (Phi) is 3.28. The van der Waals surface area contributed by atoms with Gasteiger partial charge in [0.25, 0.3) is 5.69 Å². The summed E-state index contributed by atoms with van der Waals surface area (Å²) < 4.78 is 8.75. The van der Waals surface area contributed by atoms with E-state index in [1.165, 1.54) is 44.3 Å². The summed E-state index contributed by atoms with van der Waals surface area (Å²) in [7, 11) is 2.11. The molecule has 3 aromatic rings. The van der Waals surface area contributed by atoms with Crippen LogP contribution in [0, 0.1) is 20.8 Å². The number of nitrogens with zero attached hydrogens (tertiary/aromatic N) is 1. The molecule has 2 heteroatoms. The molecule has 0 saturated carbocycles. The van der Waals surface area contributed by atoms with E-state index in [1.54, 1.807) is 0 Å². The number of fused-ring (bicyclic) bond motifs is 2. The summed E-state index contributed by atoms with van der Waals surface area (Å²) in [6.45, 7) is 13.3. The minimum absolute atomic E-state index is 0.0243. The Bertz CT molecular complexity index is 1040. The highest BCUT2D eigenvalue weighted by Crippen LogP contribution is 2.50. The van der Waals surface area contributed by atoms with Crippen LogP contribution in [0.15, 0.2) is 30.5 Å². The molecular weight excluding hydrogens is 306 g/mol. The van der Waals surface area contributed by atoms with Gasteiger partial charge >= 0.3 is 0 Å². The largest absolute Gasteiger partial charge is 0.449 e. The second kappa shape index (κ2) is 5.08. The Morgan fingerprint density at radius 3 is 2.40 bits per heavy atom. The zero-order chi connectivity index (χ0) is 18.1. The van der Waals surface area contributed by atoms with E-state index in [0.717, 1.165) is 11.5 Å². The van der Waals surface area contributed by atoms with Crippen molar-refractivity contribution in [3.05, 3.63) is 52.7 Å². The van der Waals surface area contributed by atoms with Gasteiger partial charge in [-0.05, 0) is 54.3 Å². The molecule has 0 N–H and O–H groups in total. The lowest BCUT2D eigenvalue weighted by molar-refractivity contribution is -0.660. The number of pyridine rings is 1. The molecule has 25 heavy (non-hydrogen) atoms. The molecule has 1 aromatic heterocycles. The maximum atomic E-state index is 6.54. The molecule has 2 heterocycles. The highest BCUT2D eigenvalue weighted by atomic mass is 16.5. The molecule has 0 atom stereocenters. The van der Waals surface area contributed by atoms with Gasteiger partial charge in [0.1, 0.15) is 12.8 Å². The number of hydrogen-bond donors (Lipinski definition) is 0. The van der Waals surface area contributed by atoms with E-state index in [-0.39, 0.29) is 5.41 Å². The minimum atomic E-state index is 0.0243. The third-order valence-electron chi connectivity index (χ3n) is 5.40. The van der Waals surface area contributed by atoms with Gasteiger partial charge in [-0.3, -0.25) is 0 Å². The van der Waals surface area contributed by atoms with Crippen LogP contribution in [-0.4, -0.2) is 0 Å². The van der Waals surface area contributed by atoms with Crippen LogP contribution in [0.2, 0.25) is 0 Å². The summed E-state index contributed by atoms with van der Waals surface area (Å²) in [5, 5.41) is 2.50. The van der Waals surface area contributed by atoms with Crippen LogP contribution in [-0.2, 0) is 12.5 Å². The first-order chi connectivity index (χ1) is 11.7. The molecule has 4 rings (SSSR count). The summed E-state index contributed by atoms with van der Waals surface area (Å²) >= 11 is 0. The number of benzene rings is 2. The van der Waals surface area contributed by atoms with E-state index in [9.17, 15) is 0 Å². The van der Waals surface area contributed by atoms with E-state index in [1.807, 2.05) is 0 Å². The number of ether oxygens (including phenoxy) is 1. The summed E-state index contributed by atoms with van der Waals surface area (Å²) in [6.07, 6.45) is 2.16. The molecule has 0 radical (unpaired) electrons. The lowest BCUT2D eigenvalue weighted by Crippen LogP contribution is -2.33. The normalized spacial score (nSPS) is 12.9. The van der Waals surface area contributed by atoms with Gasteiger partial charge in [-0.1, -0.05) is 32.9 Å². The topological polar surface area (TPSA) is 13.1 Å². The smallest absolute Gasteiger partial charge is 0.256 e. The van der Waals surface area contributed by atoms with Gasteiger partial charge in [0.15, 0.2) is 6.20 Å². The van der Waals surface area contributed by atoms with E-state index in [4.69, 9.17) is 4.74 Å². The zero-order valence-electron chi connectivity index (χ0n) is 16.2. The van der Waals surface area contributed by atoms with Gasteiger partial charge in [-0.2, -0.15) is 4.57 Å². The van der Waals surface area contributed by atoms with E-state index in [0.29, 0.717) is 0 Å². The fourth-order valence-electron chi connectivity index (χ4n) is 3.98. The summed E-state index contributed by atoms with van der Waals surface area (Å²) in [6, 6.07) is 8.91. The molecule has 0 amide bonds. The van der Waals surface area contributed by atoms with Gasteiger partial charge in [0.2, 0.25) is 5.75 Å². The lowest BCUT2D eigenvalue weighted by atomic mass is 9.83. The van der Waals surface area contributed by atoms with Crippen molar-refractivity contribution in [1.29, 1.82) is 0 Å². The first-order valence-electron chi connectivity index (χ1n) is 8.94. The van der Waals surface area contributed by atoms with Gasteiger partial charge in [-0.25, -0.2) is 0 Å². The fraction of sp³-hybridized carbons (Fsp3) is 0.348. The predicted octanol–water partition coefficient (Wildman–Crippen LogP) is 5.66. The highest BCUT2D eigenvalue weighted by molar-refractivity contribution is 6.05. The number of hydrogen-bond acceptors (Lipinski definition) is 1. The van der Waals surface area contributed by atoms with Gasteiger partial charge in [0.05, 0.1) is 5.56 Å².